The molecule has 1 heterocycles. The van der Waals surface area contributed by atoms with Gasteiger partial charge in [0.2, 0.25) is 0 Å². The Bertz CT molecular complexity index is 1020. The molecule has 0 saturated carbocycles. The number of hydrogen-bond donors (Lipinski definition) is 0. The van der Waals surface area contributed by atoms with Crippen LogP contribution in [0.3, 0.4) is 0 Å². The summed E-state index contributed by atoms with van der Waals surface area (Å²) in [6, 6.07) is 12.0. The quantitative estimate of drug-likeness (QED) is 0.731. The molecule has 3 rings (SSSR count). The van der Waals surface area contributed by atoms with E-state index in [1.807, 2.05) is 6.92 Å². The zero-order chi connectivity index (χ0) is 20.7. The van der Waals surface area contributed by atoms with Crippen molar-refractivity contribution in [2.75, 3.05) is 0 Å². The first kappa shape index (κ1) is 20.1. The summed E-state index contributed by atoms with van der Waals surface area (Å²) >= 11 is 0. The van der Waals surface area contributed by atoms with E-state index in [-0.39, 0.29) is 16.9 Å². The van der Waals surface area contributed by atoms with Crippen molar-refractivity contribution < 1.29 is 22.7 Å². The highest BCUT2D eigenvalue weighted by molar-refractivity contribution is 7.89. The smallest absolute Gasteiger partial charge is 0.308 e. The molecular formula is C21H23NO5S. The summed E-state index contributed by atoms with van der Waals surface area (Å²) in [5.41, 5.74) is 0.987. The number of carbonyl (C=O) groups is 2. The van der Waals surface area contributed by atoms with E-state index in [4.69, 9.17) is 4.74 Å². The fourth-order valence-corrected chi connectivity index (χ4v) is 4.75. The summed E-state index contributed by atoms with van der Waals surface area (Å²) in [4.78, 5) is 25.4. The molecule has 28 heavy (non-hydrogen) atoms. The standard InChI is InChI=1S/C21H23NO5S/c1-14-9-11-15(12-10-14)28(25,26)22-18(13-19(23)27-21(2,3)4)16-7-5-6-8-17(16)20(22)24/h5-12,18H,13H2,1-4H3/t18-/m0/s1. The monoisotopic (exact) mass is 401 g/mol. The maximum Gasteiger partial charge on any atom is 0.308 e. The van der Waals surface area contributed by atoms with Gasteiger partial charge in [-0.05, 0) is 51.5 Å². The first-order valence-corrected chi connectivity index (χ1v) is 10.4. The summed E-state index contributed by atoms with van der Waals surface area (Å²) < 4.78 is 32.7. The normalized spacial score (nSPS) is 16.8. The molecule has 0 N–H and O–H groups in total. The van der Waals surface area contributed by atoms with Gasteiger partial charge in [-0.2, -0.15) is 0 Å². The second-order valence-corrected chi connectivity index (χ2v) is 9.63. The Morgan fingerprint density at radius 3 is 2.29 bits per heavy atom. The largest absolute Gasteiger partial charge is 0.460 e. The number of amides is 1. The van der Waals surface area contributed by atoms with Crippen LogP contribution in [0.2, 0.25) is 0 Å². The lowest BCUT2D eigenvalue weighted by atomic mass is 10.0. The first-order chi connectivity index (χ1) is 13.0. The molecule has 1 aliphatic rings. The predicted molar refractivity (Wildman–Crippen MR) is 104 cm³/mol. The van der Waals surface area contributed by atoms with Crippen molar-refractivity contribution in [1.82, 2.24) is 4.31 Å². The predicted octanol–water partition coefficient (Wildman–Crippen LogP) is 3.61. The lowest BCUT2D eigenvalue weighted by Crippen LogP contribution is -2.36. The van der Waals surface area contributed by atoms with E-state index in [1.165, 1.54) is 12.1 Å². The SMILES string of the molecule is Cc1ccc(S(=O)(=O)N2C(=O)c3ccccc3[C@@H]2CC(=O)OC(C)(C)C)cc1. The summed E-state index contributed by atoms with van der Waals surface area (Å²) in [7, 11) is -4.13. The highest BCUT2D eigenvalue weighted by Gasteiger charge is 2.45. The number of sulfonamides is 1. The average molecular weight is 401 g/mol. The van der Waals surface area contributed by atoms with Gasteiger partial charge in [0.25, 0.3) is 15.9 Å². The third-order valence-electron chi connectivity index (χ3n) is 4.39. The maximum absolute atomic E-state index is 13.3. The third-order valence-corrected chi connectivity index (χ3v) is 6.20. The van der Waals surface area contributed by atoms with Gasteiger partial charge in [-0.25, -0.2) is 12.7 Å². The first-order valence-electron chi connectivity index (χ1n) is 8.97. The molecule has 2 aromatic rings. The van der Waals surface area contributed by atoms with Crippen LogP contribution < -0.4 is 0 Å². The van der Waals surface area contributed by atoms with Crippen LogP contribution in [0.25, 0.3) is 0 Å². The van der Waals surface area contributed by atoms with Crippen molar-refractivity contribution in [2.24, 2.45) is 0 Å². The van der Waals surface area contributed by atoms with Crippen molar-refractivity contribution >= 4 is 21.9 Å². The Labute approximate surface area is 165 Å². The molecule has 0 saturated heterocycles. The fraction of sp³-hybridized carbons (Fsp3) is 0.333. The van der Waals surface area contributed by atoms with Gasteiger partial charge in [0.1, 0.15) is 5.60 Å². The molecule has 0 fully saturated rings. The number of benzene rings is 2. The molecule has 1 aliphatic heterocycles. The highest BCUT2D eigenvalue weighted by Crippen LogP contribution is 2.40. The Hall–Kier alpha value is -2.67. The minimum atomic E-state index is -4.13. The second-order valence-electron chi connectivity index (χ2n) is 7.81. The van der Waals surface area contributed by atoms with E-state index in [9.17, 15) is 18.0 Å². The molecule has 148 valence electrons. The molecule has 0 aliphatic carbocycles. The molecule has 1 atom stereocenters. The van der Waals surface area contributed by atoms with Crippen LogP contribution in [0.5, 0.6) is 0 Å². The van der Waals surface area contributed by atoms with Crippen LogP contribution in [0.4, 0.5) is 0 Å². The Kier molecular flexibility index (Phi) is 5.06. The Morgan fingerprint density at radius 2 is 1.68 bits per heavy atom. The summed E-state index contributed by atoms with van der Waals surface area (Å²) in [5, 5.41) is 0. The van der Waals surface area contributed by atoms with E-state index in [2.05, 4.69) is 0 Å². The molecule has 0 radical (unpaired) electrons. The van der Waals surface area contributed by atoms with Crippen molar-refractivity contribution in [3.63, 3.8) is 0 Å². The topological polar surface area (TPSA) is 80.8 Å². The number of esters is 1. The molecule has 0 aromatic heterocycles. The van der Waals surface area contributed by atoms with E-state index >= 15 is 0 Å². The fourth-order valence-electron chi connectivity index (χ4n) is 3.20. The van der Waals surface area contributed by atoms with Gasteiger partial charge >= 0.3 is 5.97 Å². The minimum Gasteiger partial charge on any atom is -0.460 e. The summed E-state index contributed by atoms with van der Waals surface area (Å²) in [6.07, 6.45) is -0.245. The second kappa shape index (κ2) is 7.05. The van der Waals surface area contributed by atoms with Gasteiger partial charge in [0.15, 0.2) is 0 Å². The van der Waals surface area contributed by atoms with Crippen molar-refractivity contribution in [3.8, 4) is 0 Å². The third kappa shape index (κ3) is 3.80. The molecular weight excluding hydrogens is 378 g/mol. The number of nitrogens with zero attached hydrogens (tertiary/aromatic N) is 1. The molecule has 1 amide bonds. The van der Waals surface area contributed by atoms with Crippen LogP contribution >= 0.6 is 0 Å². The Balaban J connectivity index is 2.04. The van der Waals surface area contributed by atoms with Crippen molar-refractivity contribution in [1.29, 1.82) is 0 Å². The van der Waals surface area contributed by atoms with Crippen LogP contribution in [0, 0.1) is 6.92 Å². The van der Waals surface area contributed by atoms with Gasteiger partial charge in [0.05, 0.1) is 17.4 Å². The zero-order valence-electron chi connectivity index (χ0n) is 16.3. The molecule has 7 heteroatoms. The number of carbonyl (C=O) groups excluding carboxylic acids is 2. The maximum atomic E-state index is 13.3. The van der Waals surface area contributed by atoms with E-state index < -0.39 is 33.5 Å². The Morgan fingerprint density at radius 1 is 1.07 bits per heavy atom. The molecule has 2 aromatic carbocycles. The van der Waals surface area contributed by atoms with E-state index in [0.29, 0.717) is 5.56 Å². The summed E-state index contributed by atoms with van der Waals surface area (Å²) in [6.45, 7) is 7.05. The lowest BCUT2D eigenvalue weighted by Gasteiger charge is -2.26. The van der Waals surface area contributed by atoms with Crippen LogP contribution in [-0.2, 0) is 19.6 Å². The van der Waals surface area contributed by atoms with Gasteiger partial charge in [-0.15, -0.1) is 0 Å². The molecule has 6 nitrogen and oxygen atoms in total. The van der Waals surface area contributed by atoms with Crippen molar-refractivity contribution in [3.05, 3.63) is 65.2 Å². The number of ether oxygens (including phenoxy) is 1. The number of rotatable bonds is 4. The van der Waals surface area contributed by atoms with Gasteiger partial charge in [-0.1, -0.05) is 35.9 Å². The number of fused-ring (bicyclic) bond motifs is 1. The van der Waals surface area contributed by atoms with Crippen molar-refractivity contribution in [2.45, 2.75) is 50.7 Å². The summed E-state index contributed by atoms with van der Waals surface area (Å²) in [5.74, 6) is -1.20. The van der Waals surface area contributed by atoms with Gasteiger partial charge in [-0.3, -0.25) is 9.59 Å². The average Bonchev–Trinajstić information content (AvgIpc) is 2.87. The van der Waals surface area contributed by atoms with E-state index in [0.717, 1.165) is 9.87 Å². The molecule has 0 bridgehead atoms. The van der Waals surface area contributed by atoms with Gasteiger partial charge < -0.3 is 4.74 Å². The van der Waals surface area contributed by atoms with Crippen LogP contribution in [0.1, 0.15) is 54.7 Å². The van der Waals surface area contributed by atoms with Crippen LogP contribution in [0.15, 0.2) is 53.4 Å². The molecule has 0 spiro atoms. The molecule has 0 unspecified atom stereocenters. The van der Waals surface area contributed by atoms with Crippen LogP contribution in [-0.4, -0.2) is 30.2 Å². The minimum absolute atomic E-state index is 0.00782. The van der Waals surface area contributed by atoms with Gasteiger partial charge in [0, 0.05) is 5.56 Å². The number of hydrogen-bond acceptors (Lipinski definition) is 5. The lowest BCUT2D eigenvalue weighted by molar-refractivity contribution is -0.155. The van der Waals surface area contributed by atoms with E-state index in [1.54, 1.807) is 57.2 Å². The highest BCUT2D eigenvalue weighted by atomic mass is 32.2. The zero-order valence-corrected chi connectivity index (χ0v) is 17.1. The number of aryl methyl sites for hydroxylation is 1.